The average Bonchev–Trinajstić information content (AvgIpc) is 3.14. The predicted octanol–water partition coefficient (Wildman–Crippen LogP) is 1.31. The first-order chi connectivity index (χ1) is 12.5. The Bertz CT molecular complexity index is 663. The van der Waals surface area contributed by atoms with Crippen LogP contribution in [0.25, 0.3) is 0 Å². The Balaban J connectivity index is 1.52. The molecule has 2 aliphatic heterocycles. The van der Waals surface area contributed by atoms with E-state index in [-0.39, 0.29) is 31.0 Å². The average molecular weight is 380 g/mol. The molecular weight excluding hydrogens is 356 g/mol. The first-order valence-corrected chi connectivity index (χ1v) is 8.94. The number of thiocarbonyl (C=S) groups is 1. The van der Waals surface area contributed by atoms with Gasteiger partial charge < -0.3 is 29.6 Å². The van der Waals surface area contributed by atoms with Crippen molar-refractivity contribution < 1.29 is 23.7 Å². The van der Waals surface area contributed by atoms with Crippen LogP contribution in [0.1, 0.15) is 11.1 Å². The summed E-state index contributed by atoms with van der Waals surface area (Å²) in [4.78, 5) is 11.2. The number of esters is 1. The normalized spacial score (nSPS) is 27.0. The quantitative estimate of drug-likeness (QED) is 0.585. The van der Waals surface area contributed by atoms with E-state index in [1.807, 2.05) is 26.0 Å². The van der Waals surface area contributed by atoms with Crippen molar-refractivity contribution in [3.63, 3.8) is 0 Å². The maximum Gasteiger partial charge on any atom is 0.331 e. The monoisotopic (exact) mass is 380 g/mol. The minimum Gasteiger partial charge on any atom is -0.467 e. The SMILES string of the molecule is COC(=O)CO[C@@H]1CO[C@H]2[C@H]1OC[C@H]2NC(=S)Nc1cc(C)cc(C)c1. The van der Waals surface area contributed by atoms with Gasteiger partial charge in [-0.2, -0.15) is 0 Å². The smallest absolute Gasteiger partial charge is 0.331 e. The molecule has 8 heteroatoms. The van der Waals surface area contributed by atoms with Gasteiger partial charge in [-0.05, 0) is 49.3 Å². The maximum atomic E-state index is 11.2. The maximum absolute atomic E-state index is 11.2. The molecule has 7 nitrogen and oxygen atoms in total. The minimum atomic E-state index is -0.417. The van der Waals surface area contributed by atoms with Crippen molar-refractivity contribution in [3.05, 3.63) is 29.3 Å². The molecular formula is C18H24N2O5S. The van der Waals surface area contributed by atoms with E-state index < -0.39 is 5.97 Å². The summed E-state index contributed by atoms with van der Waals surface area (Å²) in [5, 5.41) is 6.98. The van der Waals surface area contributed by atoms with Crippen LogP contribution in [0.2, 0.25) is 0 Å². The van der Waals surface area contributed by atoms with Gasteiger partial charge in [-0.3, -0.25) is 0 Å². The Kier molecular flexibility index (Phi) is 6.08. The number of anilines is 1. The van der Waals surface area contributed by atoms with Gasteiger partial charge in [0.25, 0.3) is 0 Å². The second kappa shape index (κ2) is 8.30. The molecule has 0 aromatic heterocycles. The Morgan fingerprint density at radius 1 is 1.19 bits per heavy atom. The van der Waals surface area contributed by atoms with Crippen LogP contribution in [0.4, 0.5) is 5.69 Å². The van der Waals surface area contributed by atoms with Crippen LogP contribution in [0, 0.1) is 13.8 Å². The van der Waals surface area contributed by atoms with Gasteiger partial charge in [0.15, 0.2) is 5.11 Å². The molecule has 0 bridgehead atoms. The summed E-state index contributed by atoms with van der Waals surface area (Å²) >= 11 is 5.42. The molecule has 4 atom stereocenters. The zero-order valence-electron chi connectivity index (χ0n) is 15.1. The molecule has 0 unspecified atom stereocenters. The molecule has 2 saturated heterocycles. The summed E-state index contributed by atoms with van der Waals surface area (Å²) in [5.41, 5.74) is 3.29. The van der Waals surface area contributed by atoms with Crippen molar-refractivity contribution in [2.75, 3.05) is 32.2 Å². The van der Waals surface area contributed by atoms with E-state index in [1.54, 1.807) is 0 Å². The Hall–Kier alpha value is -1.74. The molecule has 2 heterocycles. The molecule has 2 N–H and O–H groups in total. The highest BCUT2D eigenvalue weighted by atomic mass is 32.1. The number of nitrogens with one attached hydrogen (secondary N) is 2. The Morgan fingerprint density at radius 3 is 2.58 bits per heavy atom. The van der Waals surface area contributed by atoms with Gasteiger partial charge in [0.05, 0.1) is 26.4 Å². The molecule has 0 spiro atoms. The number of methoxy groups -OCH3 is 1. The van der Waals surface area contributed by atoms with Gasteiger partial charge in [-0.1, -0.05) is 6.07 Å². The van der Waals surface area contributed by atoms with E-state index in [2.05, 4.69) is 21.4 Å². The highest BCUT2D eigenvalue weighted by molar-refractivity contribution is 7.80. The topological polar surface area (TPSA) is 78.1 Å². The number of aryl methyl sites for hydroxylation is 2. The van der Waals surface area contributed by atoms with E-state index in [1.165, 1.54) is 18.2 Å². The highest BCUT2D eigenvalue weighted by Gasteiger charge is 2.48. The molecule has 2 aliphatic rings. The molecule has 0 saturated carbocycles. The van der Waals surface area contributed by atoms with E-state index in [0.717, 1.165) is 5.69 Å². The summed E-state index contributed by atoms with van der Waals surface area (Å²) in [7, 11) is 1.33. The van der Waals surface area contributed by atoms with Crippen LogP contribution in [0.15, 0.2) is 18.2 Å². The van der Waals surface area contributed by atoms with Crippen molar-refractivity contribution in [1.82, 2.24) is 5.32 Å². The van der Waals surface area contributed by atoms with Crippen LogP contribution in [0.5, 0.6) is 0 Å². The summed E-state index contributed by atoms with van der Waals surface area (Å²) in [6.07, 6.45) is -0.676. The largest absolute Gasteiger partial charge is 0.467 e. The standard InChI is InChI=1S/C18H24N2O5S/c1-10-4-11(2)6-12(5-10)19-18(26)20-13-7-24-17-14(8-25-16(13)17)23-9-15(21)22-3/h4-6,13-14,16-17H,7-9H2,1-3H3,(H2,19,20,26)/t13-,14-,16-,17+/m1/s1. The predicted molar refractivity (Wildman–Crippen MR) is 100 cm³/mol. The number of benzene rings is 1. The molecule has 0 aliphatic carbocycles. The third kappa shape index (κ3) is 4.50. The number of carbonyl (C=O) groups is 1. The van der Waals surface area contributed by atoms with Gasteiger partial charge in [-0.25, -0.2) is 4.79 Å². The molecule has 1 aromatic rings. The summed E-state index contributed by atoms with van der Waals surface area (Å²) in [6.45, 7) is 4.82. The first-order valence-electron chi connectivity index (χ1n) is 8.53. The lowest BCUT2D eigenvalue weighted by Gasteiger charge is -2.20. The summed E-state index contributed by atoms with van der Waals surface area (Å²) in [6, 6.07) is 6.12. The van der Waals surface area contributed by atoms with E-state index >= 15 is 0 Å². The van der Waals surface area contributed by atoms with Crippen LogP contribution >= 0.6 is 12.2 Å². The second-order valence-electron chi connectivity index (χ2n) is 6.60. The van der Waals surface area contributed by atoms with Crippen molar-refractivity contribution in [2.45, 2.75) is 38.2 Å². The number of rotatable bonds is 5. The third-order valence-corrected chi connectivity index (χ3v) is 4.67. The third-order valence-electron chi connectivity index (χ3n) is 4.45. The lowest BCUT2D eigenvalue weighted by atomic mass is 10.1. The van der Waals surface area contributed by atoms with Crippen molar-refractivity contribution in [2.24, 2.45) is 0 Å². The molecule has 2 fully saturated rings. The number of carbonyl (C=O) groups excluding carboxylic acids is 1. The molecule has 142 valence electrons. The van der Waals surface area contributed by atoms with Crippen LogP contribution in [-0.4, -0.2) is 62.4 Å². The van der Waals surface area contributed by atoms with Gasteiger partial charge >= 0.3 is 5.97 Å². The lowest BCUT2D eigenvalue weighted by molar-refractivity contribution is -0.150. The molecule has 0 radical (unpaired) electrons. The van der Waals surface area contributed by atoms with E-state index in [9.17, 15) is 4.79 Å². The number of hydrogen-bond acceptors (Lipinski definition) is 6. The zero-order chi connectivity index (χ0) is 18.7. The second-order valence-corrected chi connectivity index (χ2v) is 7.01. The zero-order valence-corrected chi connectivity index (χ0v) is 15.9. The van der Waals surface area contributed by atoms with E-state index in [4.69, 9.17) is 26.4 Å². The highest BCUT2D eigenvalue weighted by Crippen LogP contribution is 2.29. The fourth-order valence-electron chi connectivity index (χ4n) is 3.35. The van der Waals surface area contributed by atoms with Gasteiger partial charge in [0, 0.05) is 5.69 Å². The molecule has 3 rings (SSSR count). The van der Waals surface area contributed by atoms with E-state index in [0.29, 0.717) is 18.3 Å². The van der Waals surface area contributed by atoms with Crippen LogP contribution in [-0.2, 0) is 23.7 Å². The van der Waals surface area contributed by atoms with Crippen LogP contribution in [0.3, 0.4) is 0 Å². The number of hydrogen-bond donors (Lipinski definition) is 2. The first kappa shape index (κ1) is 19.0. The summed E-state index contributed by atoms with van der Waals surface area (Å²) < 4.78 is 21.7. The summed E-state index contributed by atoms with van der Waals surface area (Å²) in [5.74, 6) is -0.417. The number of fused-ring (bicyclic) bond motifs is 1. The molecule has 26 heavy (non-hydrogen) atoms. The van der Waals surface area contributed by atoms with Crippen molar-refractivity contribution in [3.8, 4) is 0 Å². The fourth-order valence-corrected chi connectivity index (χ4v) is 3.62. The van der Waals surface area contributed by atoms with Gasteiger partial charge in [-0.15, -0.1) is 0 Å². The minimum absolute atomic E-state index is 0.0716. The van der Waals surface area contributed by atoms with Gasteiger partial charge in [0.1, 0.15) is 24.9 Å². The molecule has 1 aromatic carbocycles. The Labute approximate surface area is 158 Å². The van der Waals surface area contributed by atoms with Crippen LogP contribution < -0.4 is 10.6 Å². The van der Waals surface area contributed by atoms with Crippen molar-refractivity contribution in [1.29, 1.82) is 0 Å². The van der Waals surface area contributed by atoms with Crippen molar-refractivity contribution >= 4 is 29.0 Å². The molecule has 0 amide bonds. The number of ether oxygens (including phenoxy) is 4. The Morgan fingerprint density at radius 2 is 1.88 bits per heavy atom. The lowest BCUT2D eigenvalue weighted by Crippen LogP contribution is -2.46. The fraction of sp³-hybridized carbons (Fsp3) is 0.556. The van der Waals surface area contributed by atoms with Gasteiger partial charge in [0.2, 0.25) is 0 Å².